The first kappa shape index (κ1) is 19.6. The van der Waals surface area contributed by atoms with Crippen molar-refractivity contribution in [1.82, 2.24) is 29.7 Å². The summed E-state index contributed by atoms with van der Waals surface area (Å²) in [7, 11) is 1.63. The van der Waals surface area contributed by atoms with Gasteiger partial charge in [-0.3, -0.25) is 4.57 Å². The van der Waals surface area contributed by atoms with Gasteiger partial charge in [0.05, 0.1) is 18.6 Å². The second-order valence-corrected chi connectivity index (χ2v) is 7.34. The Morgan fingerprint density at radius 2 is 1.93 bits per heavy atom. The molecule has 2 heterocycles. The SMILES string of the molecule is COc1cccc(-n2cnnc2SCc2nc(N)nc(Nc3ccc(C)cc3)n2)c1. The minimum atomic E-state index is 0.157. The molecule has 0 amide bonds. The van der Waals surface area contributed by atoms with Gasteiger partial charge in [0.1, 0.15) is 17.9 Å². The number of methoxy groups -OCH3 is 1. The van der Waals surface area contributed by atoms with Gasteiger partial charge < -0.3 is 15.8 Å². The first-order valence-corrected chi connectivity index (χ1v) is 10.1. The lowest BCUT2D eigenvalue weighted by Crippen LogP contribution is -2.07. The zero-order chi connectivity index (χ0) is 20.9. The Bertz CT molecular complexity index is 1150. The average Bonchev–Trinajstić information content (AvgIpc) is 3.22. The van der Waals surface area contributed by atoms with E-state index in [9.17, 15) is 0 Å². The first-order valence-electron chi connectivity index (χ1n) is 9.12. The molecule has 0 saturated heterocycles. The van der Waals surface area contributed by atoms with E-state index in [0.717, 1.165) is 17.1 Å². The van der Waals surface area contributed by atoms with Crippen LogP contribution in [0.1, 0.15) is 11.4 Å². The average molecular weight is 421 g/mol. The molecule has 0 aliphatic rings. The highest BCUT2D eigenvalue weighted by Gasteiger charge is 2.11. The van der Waals surface area contributed by atoms with E-state index in [1.165, 1.54) is 17.3 Å². The molecule has 10 heteroatoms. The van der Waals surface area contributed by atoms with Crippen LogP contribution >= 0.6 is 11.8 Å². The van der Waals surface area contributed by atoms with Gasteiger partial charge in [-0.15, -0.1) is 10.2 Å². The molecule has 0 aliphatic heterocycles. The lowest BCUT2D eigenvalue weighted by Gasteiger charge is -2.09. The number of nitrogen functional groups attached to an aromatic ring is 1. The van der Waals surface area contributed by atoms with Gasteiger partial charge in [-0.05, 0) is 31.2 Å². The van der Waals surface area contributed by atoms with Crippen LogP contribution in [0.15, 0.2) is 60.0 Å². The van der Waals surface area contributed by atoms with E-state index in [-0.39, 0.29) is 5.95 Å². The summed E-state index contributed by atoms with van der Waals surface area (Å²) >= 11 is 1.45. The maximum absolute atomic E-state index is 5.88. The van der Waals surface area contributed by atoms with Crippen molar-refractivity contribution in [3.8, 4) is 11.4 Å². The number of nitrogens with two attached hydrogens (primary N) is 1. The van der Waals surface area contributed by atoms with E-state index in [1.807, 2.05) is 60.0 Å². The topological polar surface area (TPSA) is 117 Å². The first-order chi connectivity index (χ1) is 14.6. The van der Waals surface area contributed by atoms with Crippen LogP contribution in [0.4, 0.5) is 17.6 Å². The van der Waals surface area contributed by atoms with Gasteiger partial charge in [0.15, 0.2) is 5.16 Å². The number of aryl methyl sites for hydroxylation is 1. The third kappa shape index (κ3) is 4.66. The summed E-state index contributed by atoms with van der Waals surface area (Å²) < 4.78 is 7.17. The van der Waals surface area contributed by atoms with Crippen LogP contribution in [0.25, 0.3) is 5.69 Å². The molecule has 9 nitrogen and oxygen atoms in total. The van der Waals surface area contributed by atoms with Gasteiger partial charge in [-0.1, -0.05) is 35.5 Å². The second kappa shape index (κ2) is 8.78. The molecule has 152 valence electrons. The number of benzene rings is 2. The van der Waals surface area contributed by atoms with Crippen LogP contribution in [-0.2, 0) is 5.75 Å². The van der Waals surface area contributed by atoms with Crippen LogP contribution in [0, 0.1) is 6.92 Å². The fourth-order valence-corrected chi connectivity index (χ4v) is 3.50. The van der Waals surface area contributed by atoms with Crippen molar-refractivity contribution in [3.05, 3.63) is 66.2 Å². The van der Waals surface area contributed by atoms with Crippen molar-refractivity contribution in [2.24, 2.45) is 0 Å². The van der Waals surface area contributed by atoms with Crippen LogP contribution < -0.4 is 15.8 Å². The number of thioether (sulfide) groups is 1. The number of aromatic nitrogens is 6. The van der Waals surface area contributed by atoms with Crippen LogP contribution in [0.5, 0.6) is 5.75 Å². The number of hydrogen-bond acceptors (Lipinski definition) is 9. The summed E-state index contributed by atoms with van der Waals surface area (Å²) in [5, 5.41) is 12.1. The zero-order valence-electron chi connectivity index (χ0n) is 16.5. The number of anilines is 3. The molecule has 0 atom stereocenters. The monoisotopic (exact) mass is 420 g/mol. The van der Waals surface area contributed by atoms with Crippen molar-refractivity contribution >= 4 is 29.3 Å². The van der Waals surface area contributed by atoms with Gasteiger partial charge in [-0.2, -0.15) is 15.0 Å². The molecule has 4 rings (SSSR count). The number of nitrogens with one attached hydrogen (secondary N) is 1. The van der Waals surface area contributed by atoms with Gasteiger partial charge in [0, 0.05) is 11.8 Å². The summed E-state index contributed by atoms with van der Waals surface area (Å²) in [5.41, 5.74) is 8.83. The predicted octanol–water partition coefficient (Wildman–Crippen LogP) is 3.39. The quantitative estimate of drug-likeness (QED) is 0.434. The maximum Gasteiger partial charge on any atom is 0.232 e. The Morgan fingerprint density at radius 3 is 2.73 bits per heavy atom. The smallest absolute Gasteiger partial charge is 0.232 e. The highest BCUT2D eigenvalue weighted by molar-refractivity contribution is 7.98. The fraction of sp³-hybridized carbons (Fsp3) is 0.150. The molecule has 2 aromatic carbocycles. The molecule has 0 bridgehead atoms. The lowest BCUT2D eigenvalue weighted by atomic mass is 10.2. The standard InChI is InChI=1S/C20H20N8OS/c1-13-6-8-14(9-7-13)23-19-25-17(24-18(21)26-19)11-30-20-27-22-12-28(20)15-4-3-5-16(10-15)29-2/h3-10,12H,11H2,1-2H3,(H3,21,23,24,25,26). The molecular formula is C20H20N8OS. The van der Waals surface area contributed by atoms with Gasteiger partial charge >= 0.3 is 0 Å². The van der Waals surface area contributed by atoms with Crippen LogP contribution in [0.2, 0.25) is 0 Å². The maximum atomic E-state index is 5.88. The van der Waals surface area contributed by atoms with Crippen LogP contribution in [0.3, 0.4) is 0 Å². The van der Waals surface area contributed by atoms with E-state index in [2.05, 4.69) is 30.5 Å². The van der Waals surface area contributed by atoms with Crippen molar-refractivity contribution < 1.29 is 4.74 Å². The summed E-state index contributed by atoms with van der Waals surface area (Å²) in [6.07, 6.45) is 1.66. The molecule has 3 N–H and O–H groups in total. The number of ether oxygens (including phenoxy) is 1. The fourth-order valence-electron chi connectivity index (χ4n) is 2.71. The Hall–Kier alpha value is -3.66. The van der Waals surface area contributed by atoms with Crippen molar-refractivity contribution in [3.63, 3.8) is 0 Å². The lowest BCUT2D eigenvalue weighted by molar-refractivity contribution is 0.414. The van der Waals surface area contributed by atoms with E-state index >= 15 is 0 Å². The van der Waals surface area contributed by atoms with E-state index in [4.69, 9.17) is 10.5 Å². The number of hydrogen-bond donors (Lipinski definition) is 2. The van der Waals surface area contributed by atoms with Gasteiger partial charge in [-0.25, -0.2) is 0 Å². The predicted molar refractivity (Wildman–Crippen MR) is 116 cm³/mol. The second-order valence-electron chi connectivity index (χ2n) is 6.40. The molecule has 2 aromatic heterocycles. The molecule has 0 aliphatic carbocycles. The van der Waals surface area contributed by atoms with Crippen molar-refractivity contribution in [2.45, 2.75) is 17.8 Å². The van der Waals surface area contributed by atoms with Gasteiger partial charge in [0.25, 0.3) is 0 Å². The Kier molecular flexibility index (Phi) is 5.75. The molecule has 30 heavy (non-hydrogen) atoms. The van der Waals surface area contributed by atoms with E-state index in [1.54, 1.807) is 13.4 Å². The third-order valence-corrected chi connectivity index (χ3v) is 5.12. The third-order valence-electron chi connectivity index (χ3n) is 4.19. The van der Waals surface area contributed by atoms with E-state index < -0.39 is 0 Å². The Morgan fingerprint density at radius 1 is 1.10 bits per heavy atom. The Balaban J connectivity index is 1.50. The van der Waals surface area contributed by atoms with E-state index in [0.29, 0.717) is 22.7 Å². The summed E-state index contributed by atoms with van der Waals surface area (Å²) in [5.74, 6) is 2.31. The number of nitrogens with zero attached hydrogens (tertiary/aromatic N) is 6. The molecule has 0 saturated carbocycles. The molecule has 0 unspecified atom stereocenters. The minimum absolute atomic E-state index is 0.157. The molecule has 0 fully saturated rings. The Labute approximate surface area is 177 Å². The molecule has 0 spiro atoms. The summed E-state index contributed by atoms with van der Waals surface area (Å²) in [4.78, 5) is 12.9. The number of rotatable bonds is 7. The van der Waals surface area contributed by atoms with Gasteiger partial charge in [0.2, 0.25) is 11.9 Å². The molecule has 4 aromatic rings. The largest absolute Gasteiger partial charge is 0.497 e. The van der Waals surface area contributed by atoms with Crippen LogP contribution in [-0.4, -0.2) is 36.8 Å². The highest BCUT2D eigenvalue weighted by Crippen LogP contribution is 2.25. The minimum Gasteiger partial charge on any atom is -0.497 e. The molecule has 0 radical (unpaired) electrons. The van der Waals surface area contributed by atoms with Crippen molar-refractivity contribution in [2.75, 3.05) is 18.2 Å². The highest BCUT2D eigenvalue weighted by atomic mass is 32.2. The normalized spacial score (nSPS) is 10.7. The molecular weight excluding hydrogens is 400 g/mol. The summed E-state index contributed by atoms with van der Waals surface area (Å²) in [6, 6.07) is 15.6. The summed E-state index contributed by atoms with van der Waals surface area (Å²) in [6.45, 7) is 2.03. The van der Waals surface area contributed by atoms with Crippen molar-refractivity contribution in [1.29, 1.82) is 0 Å². The zero-order valence-corrected chi connectivity index (χ0v) is 17.3.